The van der Waals surface area contributed by atoms with Crippen molar-refractivity contribution in [1.29, 1.82) is 0 Å². The first-order chi connectivity index (χ1) is 10.2. The number of nitrogens with zero attached hydrogens (tertiary/aromatic N) is 3. The Morgan fingerprint density at radius 1 is 1.18 bits per heavy atom. The standard InChI is InChI=1S/C17H25N3O2/c1-12-14(21)19(6)15(17(2,3)4)20(12)16(22)18(5)13-10-8-7-9-11-13/h7-12,15H,1-6H3/t12-,15+/m0/s1. The van der Waals surface area contributed by atoms with Crippen LogP contribution in [0.1, 0.15) is 27.7 Å². The Bertz CT molecular complexity index is 565. The van der Waals surface area contributed by atoms with Gasteiger partial charge in [-0.1, -0.05) is 39.0 Å². The zero-order valence-electron chi connectivity index (χ0n) is 14.2. The Hall–Kier alpha value is -2.04. The fraction of sp³-hybridized carbons (Fsp3) is 0.529. The van der Waals surface area contributed by atoms with Gasteiger partial charge in [-0.15, -0.1) is 0 Å². The van der Waals surface area contributed by atoms with E-state index in [4.69, 9.17) is 0 Å². The molecule has 0 spiro atoms. The van der Waals surface area contributed by atoms with E-state index in [0.29, 0.717) is 0 Å². The maximum Gasteiger partial charge on any atom is 0.326 e. The quantitative estimate of drug-likeness (QED) is 0.800. The first-order valence-electron chi connectivity index (χ1n) is 7.54. The summed E-state index contributed by atoms with van der Waals surface area (Å²) in [5.41, 5.74) is 0.594. The molecular weight excluding hydrogens is 278 g/mol. The van der Waals surface area contributed by atoms with Crippen LogP contribution in [0.2, 0.25) is 0 Å². The number of benzene rings is 1. The fourth-order valence-electron chi connectivity index (χ4n) is 3.14. The molecule has 120 valence electrons. The third-order valence-corrected chi connectivity index (χ3v) is 4.18. The second kappa shape index (κ2) is 5.63. The summed E-state index contributed by atoms with van der Waals surface area (Å²) >= 11 is 0. The number of likely N-dealkylation sites (N-methyl/N-ethyl adjacent to an activating group) is 1. The molecule has 1 aromatic rings. The van der Waals surface area contributed by atoms with Crippen LogP contribution in [0.3, 0.4) is 0 Å². The van der Waals surface area contributed by atoms with Crippen LogP contribution in [0, 0.1) is 5.41 Å². The maximum absolute atomic E-state index is 13.0. The van der Waals surface area contributed by atoms with Gasteiger partial charge in [0.2, 0.25) is 5.91 Å². The zero-order chi connectivity index (χ0) is 16.7. The molecule has 5 nitrogen and oxygen atoms in total. The molecule has 0 bridgehead atoms. The molecule has 1 aromatic carbocycles. The van der Waals surface area contributed by atoms with Crippen LogP contribution in [0.25, 0.3) is 0 Å². The molecule has 0 radical (unpaired) electrons. The van der Waals surface area contributed by atoms with Crippen molar-refractivity contribution >= 4 is 17.6 Å². The third kappa shape index (κ3) is 2.67. The van der Waals surface area contributed by atoms with E-state index in [2.05, 4.69) is 0 Å². The van der Waals surface area contributed by atoms with Gasteiger partial charge < -0.3 is 4.90 Å². The Morgan fingerprint density at radius 3 is 2.23 bits per heavy atom. The smallest absolute Gasteiger partial charge is 0.323 e. The van der Waals surface area contributed by atoms with Crippen molar-refractivity contribution < 1.29 is 9.59 Å². The van der Waals surface area contributed by atoms with Crippen molar-refractivity contribution in [3.05, 3.63) is 30.3 Å². The highest BCUT2D eigenvalue weighted by Crippen LogP contribution is 2.34. The minimum Gasteiger partial charge on any atom is -0.323 e. The summed E-state index contributed by atoms with van der Waals surface area (Å²) in [5, 5.41) is 0. The van der Waals surface area contributed by atoms with Crippen LogP contribution in [0.15, 0.2) is 30.3 Å². The summed E-state index contributed by atoms with van der Waals surface area (Å²) in [6, 6.07) is 8.86. The minimum atomic E-state index is -0.451. The molecule has 22 heavy (non-hydrogen) atoms. The highest BCUT2D eigenvalue weighted by Gasteiger charge is 2.50. The lowest BCUT2D eigenvalue weighted by molar-refractivity contribution is -0.129. The van der Waals surface area contributed by atoms with E-state index in [9.17, 15) is 9.59 Å². The molecule has 2 atom stereocenters. The van der Waals surface area contributed by atoms with Crippen LogP contribution in [-0.2, 0) is 4.79 Å². The monoisotopic (exact) mass is 303 g/mol. The van der Waals surface area contributed by atoms with Crippen LogP contribution >= 0.6 is 0 Å². The lowest BCUT2D eigenvalue weighted by atomic mass is 9.91. The molecular formula is C17H25N3O2. The van der Waals surface area contributed by atoms with Crippen molar-refractivity contribution in [2.75, 3.05) is 19.0 Å². The van der Waals surface area contributed by atoms with Gasteiger partial charge in [0.15, 0.2) is 0 Å². The van der Waals surface area contributed by atoms with Gasteiger partial charge in [-0.3, -0.25) is 14.6 Å². The van der Waals surface area contributed by atoms with Crippen molar-refractivity contribution in [3.63, 3.8) is 0 Å². The van der Waals surface area contributed by atoms with Gasteiger partial charge in [0.05, 0.1) is 0 Å². The number of urea groups is 1. The van der Waals surface area contributed by atoms with Crippen molar-refractivity contribution in [3.8, 4) is 0 Å². The molecule has 1 aliphatic heterocycles. The van der Waals surface area contributed by atoms with Gasteiger partial charge in [0, 0.05) is 25.2 Å². The number of para-hydroxylation sites is 1. The predicted molar refractivity (Wildman–Crippen MR) is 87.6 cm³/mol. The number of carbonyl (C=O) groups excluding carboxylic acids is 2. The number of anilines is 1. The normalized spacial score (nSPS) is 22.2. The van der Waals surface area contributed by atoms with E-state index < -0.39 is 6.04 Å². The lowest BCUT2D eigenvalue weighted by Crippen LogP contribution is -2.54. The average Bonchev–Trinajstić information content (AvgIpc) is 2.70. The Kier molecular flexibility index (Phi) is 4.18. The number of hydrogen-bond acceptors (Lipinski definition) is 2. The van der Waals surface area contributed by atoms with E-state index in [0.717, 1.165) is 5.69 Å². The summed E-state index contributed by atoms with van der Waals surface area (Å²) in [6.07, 6.45) is -0.256. The van der Waals surface area contributed by atoms with Gasteiger partial charge in [0.1, 0.15) is 12.2 Å². The van der Waals surface area contributed by atoms with Crippen LogP contribution in [0.4, 0.5) is 10.5 Å². The molecule has 0 aromatic heterocycles. The molecule has 3 amide bonds. The predicted octanol–water partition coefficient (Wildman–Crippen LogP) is 2.78. The van der Waals surface area contributed by atoms with E-state index in [1.807, 2.05) is 51.1 Å². The first-order valence-corrected chi connectivity index (χ1v) is 7.54. The molecule has 1 aliphatic rings. The Balaban J connectivity index is 2.36. The van der Waals surface area contributed by atoms with Gasteiger partial charge in [0.25, 0.3) is 0 Å². The van der Waals surface area contributed by atoms with Gasteiger partial charge >= 0.3 is 6.03 Å². The molecule has 0 unspecified atom stereocenters. The average molecular weight is 303 g/mol. The van der Waals surface area contributed by atoms with Crippen LogP contribution in [-0.4, -0.2) is 48.0 Å². The number of amides is 3. The molecule has 2 rings (SSSR count). The van der Waals surface area contributed by atoms with E-state index in [1.54, 1.807) is 35.7 Å². The summed E-state index contributed by atoms with van der Waals surface area (Å²) < 4.78 is 0. The highest BCUT2D eigenvalue weighted by molar-refractivity contribution is 5.97. The van der Waals surface area contributed by atoms with E-state index in [1.165, 1.54) is 0 Å². The number of hydrogen-bond donors (Lipinski definition) is 0. The summed E-state index contributed by atoms with van der Waals surface area (Å²) in [4.78, 5) is 30.3. The Labute approximate surface area is 132 Å². The Morgan fingerprint density at radius 2 is 1.73 bits per heavy atom. The van der Waals surface area contributed by atoms with Crippen LogP contribution < -0.4 is 4.90 Å². The van der Waals surface area contributed by atoms with Gasteiger partial charge in [-0.25, -0.2) is 4.79 Å². The largest absolute Gasteiger partial charge is 0.326 e. The zero-order valence-corrected chi connectivity index (χ0v) is 14.2. The molecule has 0 saturated carbocycles. The third-order valence-electron chi connectivity index (χ3n) is 4.18. The summed E-state index contributed by atoms with van der Waals surface area (Å²) in [5.74, 6) is -0.0188. The minimum absolute atomic E-state index is 0.0188. The fourth-order valence-corrected chi connectivity index (χ4v) is 3.14. The van der Waals surface area contributed by atoms with Crippen molar-refractivity contribution in [1.82, 2.24) is 9.80 Å². The van der Waals surface area contributed by atoms with Crippen LogP contribution in [0.5, 0.6) is 0 Å². The molecule has 1 fully saturated rings. The first kappa shape index (κ1) is 16.3. The van der Waals surface area contributed by atoms with Crippen molar-refractivity contribution in [2.45, 2.75) is 39.9 Å². The maximum atomic E-state index is 13.0. The second-order valence-electron chi connectivity index (χ2n) is 6.95. The molecule has 5 heteroatoms. The van der Waals surface area contributed by atoms with E-state index in [-0.39, 0.29) is 23.5 Å². The molecule has 1 saturated heterocycles. The lowest BCUT2D eigenvalue weighted by Gasteiger charge is -2.40. The second-order valence-corrected chi connectivity index (χ2v) is 6.95. The van der Waals surface area contributed by atoms with Gasteiger partial charge in [-0.05, 0) is 19.1 Å². The number of rotatable bonds is 1. The number of carbonyl (C=O) groups is 2. The van der Waals surface area contributed by atoms with Crippen molar-refractivity contribution in [2.24, 2.45) is 5.41 Å². The van der Waals surface area contributed by atoms with E-state index >= 15 is 0 Å². The molecule has 0 aliphatic carbocycles. The summed E-state index contributed by atoms with van der Waals surface area (Å²) in [6.45, 7) is 7.92. The highest BCUT2D eigenvalue weighted by atomic mass is 16.2. The molecule has 0 N–H and O–H groups in total. The SMILES string of the molecule is C[C@H]1C(=O)N(C)[C@@H](C(C)(C)C)N1C(=O)N(C)c1ccccc1. The summed E-state index contributed by atoms with van der Waals surface area (Å²) in [7, 11) is 3.51. The van der Waals surface area contributed by atoms with Gasteiger partial charge in [-0.2, -0.15) is 0 Å². The molecule has 1 heterocycles. The topological polar surface area (TPSA) is 43.9 Å².